The summed E-state index contributed by atoms with van der Waals surface area (Å²) in [5.74, 6) is -1.95. The number of carbonyl (C=O) groups excluding carboxylic acids is 2. The Labute approximate surface area is 107 Å². The Morgan fingerprint density at radius 2 is 1.95 bits per heavy atom. The Hall–Kier alpha value is -2.05. The van der Waals surface area contributed by atoms with Crippen molar-refractivity contribution in [3.05, 3.63) is 29.3 Å². The first-order chi connectivity index (χ1) is 8.74. The highest BCUT2D eigenvalue weighted by atomic mass is 19.4. The summed E-state index contributed by atoms with van der Waals surface area (Å²) in [7, 11) is 1.15. The first-order valence-electron chi connectivity index (χ1n) is 5.29. The number of carbonyl (C=O) groups is 2. The number of halogens is 3. The molecule has 7 heteroatoms. The molecule has 1 amide bonds. The van der Waals surface area contributed by atoms with Gasteiger partial charge in [-0.2, -0.15) is 13.2 Å². The number of hydrogen-bond donors (Lipinski definition) is 1. The zero-order valence-electron chi connectivity index (χ0n) is 10.3. The van der Waals surface area contributed by atoms with Crippen LogP contribution in [0.2, 0.25) is 0 Å². The molecular formula is C12H12F3NO3. The normalized spacial score (nSPS) is 11.0. The van der Waals surface area contributed by atoms with Crippen molar-refractivity contribution in [2.24, 2.45) is 0 Å². The molecule has 0 aromatic heterocycles. The van der Waals surface area contributed by atoms with Crippen LogP contribution in [0.5, 0.6) is 0 Å². The van der Waals surface area contributed by atoms with E-state index in [1.165, 1.54) is 12.1 Å². The number of rotatable bonds is 3. The maximum absolute atomic E-state index is 12.1. The summed E-state index contributed by atoms with van der Waals surface area (Å²) >= 11 is 0. The van der Waals surface area contributed by atoms with E-state index in [2.05, 4.69) is 10.1 Å². The van der Waals surface area contributed by atoms with Crippen LogP contribution >= 0.6 is 0 Å². The molecule has 1 N–H and O–H groups in total. The Morgan fingerprint density at radius 3 is 2.47 bits per heavy atom. The molecule has 0 heterocycles. The maximum atomic E-state index is 12.1. The van der Waals surface area contributed by atoms with Gasteiger partial charge in [0, 0.05) is 0 Å². The van der Waals surface area contributed by atoms with E-state index in [9.17, 15) is 22.8 Å². The van der Waals surface area contributed by atoms with Gasteiger partial charge in [-0.05, 0) is 18.6 Å². The molecule has 19 heavy (non-hydrogen) atoms. The van der Waals surface area contributed by atoms with Crippen molar-refractivity contribution in [1.29, 1.82) is 0 Å². The average Bonchev–Trinajstić information content (AvgIpc) is 2.25. The molecule has 1 aromatic rings. The van der Waals surface area contributed by atoms with Gasteiger partial charge in [0.1, 0.15) is 6.42 Å². The molecule has 104 valence electrons. The number of nitrogens with one attached hydrogen (secondary N) is 1. The number of alkyl halides is 3. The summed E-state index contributed by atoms with van der Waals surface area (Å²) < 4.78 is 40.7. The number of benzene rings is 1. The van der Waals surface area contributed by atoms with Crippen LogP contribution in [0.25, 0.3) is 0 Å². The largest absolute Gasteiger partial charge is 0.465 e. The second-order valence-electron chi connectivity index (χ2n) is 3.83. The van der Waals surface area contributed by atoms with Crippen LogP contribution < -0.4 is 5.32 Å². The molecule has 4 nitrogen and oxygen atoms in total. The van der Waals surface area contributed by atoms with E-state index in [1.807, 2.05) is 0 Å². The summed E-state index contributed by atoms with van der Waals surface area (Å²) in [4.78, 5) is 22.7. The fourth-order valence-corrected chi connectivity index (χ4v) is 1.52. The van der Waals surface area contributed by atoms with Gasteiger partial charge in [0.05, 0.1) is 18.4 Å². The first-order valence-corrected chi connectivity index (χ1v) is 5.29. The van der Waals surface area contributed by atoms with Crippen molar-refractivity contribution in [3.8, 4) is 0 Å². The maximum Gasteiger partial charge on any atom is 0.397 e. The summed E-state index contributed by atoms with van der Waals surface area (Å²) in [5.41, 5.74) is 0.540. The smallest absolute Gasteiger partial charge is 0.397 e. The Morgan fingerprint density at radius 1 is 1.32 bits per heavy atom. The SMILES string of the molecule is COC(=O)c1c(C)cccc1NC(=O)CC(F)(F)F. The van der Waals surface area contributed by atoms with Gasteiger partial charge in [-0.25, -0.2) is 4.79 Å². The third-order valence-corrected chi connectivity index (χ3v) is 2.30. The lowest BCUT2D eigenvalue weighted by Gasteiger charge is -2.12. The topological polar surface area (TPSA) is 55.4 Å². The van der Waals surface area contributed by atoms with E-state index in [-0.39, 0.29) is 11.3 Å². The van der Waals surface area contributed by atoms with Crippen LogP contribution in [0.1, 0.15) is 22.3 Å². The number of hydrogen-bond acceptors (Lipinski definition) is 3. The molecule has 0 aliphatic carbocycles. The predicted molar refractivity (Wildman–Crippen MR) is 61.8 cm³/mol. The minimum Gasteiger partial charge on any atom is -0.465 e. The minimum atomic E-state index is -4.60. The van der Waals surface area contributed by atoms with Gasteiger partial charge in [0.15, 0.2) is 0 Å². The van der Waals surface area contributed by atoms with E-state index in [0.29, 0.717) is 5.56 Å². The molecular weight excluding hydrogens is 263 g/mol. The van der Waals surface area contributed by atoms with Gasteiger partial charge in [0.2, 0.25) is 5.91 Å². The van der Waals surface area contributed by atoms with Crippen LogP contribution in [0.15, 0.2) is 18.2 Å². The zero-order valence-corrected chi connectivity index (χ0v) is 10.3. The number of aryl methyl sites for hydroxylation is 1. The predicted octanol–water partition coefficient (Wildman–Crippen LogP) is 2.67. The second kappa shape index (κ2) is 5.73. The van der Waals surface area contributed by atoms with Crippen LogP contribution in [0.3, 0.4) is 0 Å². The van der Waals surface area contributed by atoms with Gasteiger partial charge in [-0.15, -0.1) is 0 Å². The molecule has 0 unspecified atom stereocenters. The van der Waals surface area contributed by atoms with Gasteiger partial charge >= 0.3 is 12.1 Å². The number of methoxy groups -OCH3 is 1. The van der Waals surface area contributed by atoms with Gasteiger partial charge in [-0.1, -0.05) is 12.1 Å². The molecule has 0 bridgehead atoms. The fourth-order valence-electron chi connectivity index (χ4n) is 1.52. The van der Waals surface area contributed by atoms with Crippen LogP contribution in [-0.2, 0) is 9.53 Å². The van der Waals surface area contributed by atoms with Crippen molar-refractivity contribution >= 4 is 17.6 Å². The number of ether oxygens (including phenoxy) is 1. The Bertz CT molecular complexity index is 497. The van der Waals surface area contributed by atoms with Crippen molar-refractivity contribution in [2.45, 2.75) is 19.5 Å². The molecule has 0 radical (unpaired) electrons. The first kappa shape index (κ1) is 15.0. The summed E-state index contributed by atoms with van der Waals surface area (Å²) in [6.07, 6.45) is -6.21. The minimum absolute atomic E-state index is 0.00102. The lowest BCUT2D eigenvalue weighted by molar-refractivity contribution is -0.150. The molecule has 1 aromatic carbocycles. The van der Waals surface area contributed by atoms with E-state index in [1.54, 1.807) is 13.0 Å². The zero-order chi connectivity index (χ0) is 14.6. The molecule has 0 aliphatic rings. The second-order valence-corrected chi connectivity index (χ2v) is 3.83. The number of amides is 1. The molecule has 0 atom stereocenters. The molecule has 0 saturated carbocycles. The highest BCUT2D eigenvalue weighted by Crippen LogP contribution is 2.23. The lowest BCUT2D eigenvalue weighted by Crippen LogP contribution is -2.22. The molecule has 0 spiro atoms. The van der Waals surface area contributed by atoms with Crippen molar-refractivity contribution in [1.82, 2.24) is 0 Å². The van der Waals surface area contributed by atoms with Gasteiger partial charge in [0.25, 0.3) is 0 Å². The van der Waals surface area contributed by atoms with Gasteiger partial charge < -0.3 is 10.1 Å². The monoisotopic (exact) mass is 275 g/mol. The standard InChI is InChI=1S/C12H12F3NO3/c1-7-4-3-5-8(10(7)11(18)19-2)16-9(17)6-12(13,14)15/h3-5H,6H2,1-2H3,(H,16,17). The summed E-state index contributed by atoms with van der Waals surface area (Å²) in [6.45, 7) is 1.59. The van der Waals surface area contributed by atoms with E-state index in [4.69, 9.17) is 0 Å². The quantitative estimate of drug-likeness (QED) is 0.863. The molecule has 0 saturated heterocycles. The fraction of sp³-hybridized carbons (Fsp3) is 0.333. The summed E-state index contributed by atoms with van der Waals surface area (Å²) in [6, 6.07) is 4.45. The average molecular weight is 275 g/mol. The third kappa shape index (κ3) is 4.27. The highest BCUT2D eigenvalue weighted by Gasteiger charge is 2.31. The van der Waals surface area contributed by atoms with E-state index < -0.39 is 24.5 Å². The Kier molecular flexibility index (Phi) is 4.52. The van der Waals surface area contributed by atoms with E-state index >= 15 is 0 Å². The summed E-state index contributed by atoms with van der Waals surface area (Å²) in [5, 5.41) is 2.06. The van der Waals surface area contributed by atoms with Crippen molar-refractivity contribution in [2.75, 3.05) is 12.4 Å². The number of anilines is 1. The Balaban J connectivity index is 2.99. The molecule has 0 fully saturated rings. The third-order valence-electron chi connectivity index (χ3n) is 2.30. The molecule has 1 rings (SSSR count). The van der Waals surface area contributed by atoms with E-state index in [0.717, 1.165) is 7.11 Å². The van der Waals surface area contributed by atoms with Crippen LogP contribution in [0, 0.1) is 6.92 Å². The highest BCUT2D eigenvalue weighted by molar-refractivity contribution is 6.02. The van der Waals surface area contributed by atoms with Crippen LogP contribution in [-0.4, -0.2) is 25.2 Å². The van der Waals surface area contributed by atoms with Crippen molar-refractivity contribution < 1.29 is 27.5 Å². The number of esters is 1. The van der Waals surface area contributed by atoms with Crippen LogP contribution in [0.4, 0.5) is 18.9 Å². The van der Waals surface area contributed by atoms with Gasteiger partial charge in [-0.3, -0.25) is 4.79 Å². The lowest BCUT2D eigenvalue weighted by atomic mass is 10.1. The van der Waals surface area contributed by atoms with Crippen molar-refractivity contribution in [3.63, 3.8) is 0 Å². The molecule has 0 aliphatic heterocycles.